The fraction of sp³-hybridized carbons (Fsp3) is 0.312. The number of halogens is 2. The van der Waals surface area contributed by atoms with Crippen LogP contribution < -0.4 is 0 Å². The molecule has 0 aromatic carbocycles. The first-order valence-corrected chi connectivity index (χ1v) is 7.96. The van der Waals surface area contributed by atoms with Gasteiger partial charge in [0.15, 0.2) is 5.65 Å². The molecule has 2 heterocycles. The van der Waals surface area contributed by atoms with Gasteiger partial charge in [-0.25, -0.2) is 23.0 Å². The lowest BCUT2D eigenvalue weighted by Gasteiger charge is -2.20. The van der Waals surface area contributed by atoms with Crippen LogP contribution in [0.4, 0.5) is 8.78 Å². The van der Waals surface area contributed by atoms with Crippen molar-refractivity contribution in [1.82, 2.24) is 14.5 Å². The Labute approximate surface area is 135 Å². The number of alkyl halides is 2. The van der Waals surface area contributed by atoms with Crippen molar-refractivity contribution < 1.29 is 13.0 Å². The van der Waals surface area contributed by atoms with Gasteiger partial charge >= 0.3 is 0 Å². The van der Waals surface area contributed by atoms with Crippen molar-refractivity contribution in [2.45, 2.75) is 19.8 Å². The minimum Gasteiger partial charge on any atom is -0.312 e. The SMILES string of the molecule is CCC1C(c2nc3cc(C(F)F)cnc3n2C)=CC=CC1=S=O. The number of fused-ring (bicyclic) bond motifs is 1. The van der Waals surface area contributed by atoms with E-state index in [4.69, 9.17) is 0 Å². The molecular formula is C16H15F2N3OS. The number of aryl methyl sites for hydroxylation is 1. The maximum absolute atomic E-state index is 12.8. The first-order chi connectivity index (χ1) is 11.1. The van der Waals surface area contributed by atoms with Crippen LogP contribution >= 0.6 is 0 Å². The van der Waals surface area contributed by atoms with Gasteiger partial charge < -0.3 is 4.57 Å². The van der Waals surface area contributed by atoms with Crippen LogP contribution in [0, 0.1) is 5.92 Å². The molecule has 0 N–H and O–H groups in total. The predicted octanol–water partition coefficient (Wildman–Crippen LogP) is 3.27. The molecular weight excluding hydrogens is 320 g/mol. The molecule has 1 unspecified atom stereocenters. The largest absolute Gasteiger partial charge is 0.312 e. The maximum Gasteiger partial charge on any atom is 0.265 e. The van der Waals surface area contributed by atoms with Crippen LogP contribution in [0.15, 0.2) is 30.5 Å². The van der Waals surface area contributed by atoms with Gasteiger partial charge in [-0.2, -0.15) is 0 Å². The van der Waals surface area contributed by atoms with Crippen LogP contribution in [0.5, 0.6) is 0 Å². The lowest BCUT2D eigenvalue weighted by molar-refractivity contribution is 0.151. The van der Waals surface area contributed by atoms with Gasteiger partial charge in [0.1, 0.15) is 11.3 Å². The second-order valence-corrected chi connectivity index (χ2v) is 5.97. The molecule has 120 valence electrons. The Morgan fingerprint density at radius 1 is 1.43 bits per heavy atom. The van der Waals surface area contributed by atoms with Gasteiger partial charge in [0, 0.05) is 30.3 Å². The Kier molecular flexibility index (Phi) is 4.21. The van der Waals surface area contributed by atoms with E-state index in [2.05, 4.69) is 9.97 Å². The second kappa shape index (κ2) is 6.16. The number of allylic oxidation sites excluding steroid dienone is 4. The summed E-state index contributed by atoms with van der Waals surface area (Å²) in [4.78, 5) is 9.33. The molecule has 7 heteroatoms. The van der Waals surface area contributed by atoms with Crippen LogP contribution in [0.2, 0.25) is 0 Å². The highest BCUT2D eigenvalue weighted by molar-refractivity contribution is 7.67. The summed E-state index contributed by atoms with van der Waals surface area (Å²) in [7, 11) is 1.80. The lowest BCUT2D eigenvalue weighted by atomic mass is 9.88. The molecule has 0 aliphatic heterocycles. The van der Waals surface area contributed by atoms with Crippen molar-refractivity contribution in [2.75, 3.05) is 0 Å². The monoisotopic (exact) mass is 335 g/mol. The van der Waals surface area contributed by atoms with E-state index >= 15 is 0 Å². The van der Waals surface area contributed by atoms with Crippen LogP contribution in [-0.4, -0.2) is 23.6 Å². The standard InChI is InChI=1S/C16H15F2N3OS/c1-3-10-11(5-4-6-13(10)23-22)15-20-12-7-9(14(17)18)8-19-16(12)21(15)2/h4-8,10,14H,3H2,1-2H3. The summed E-state index contributed by atoms with van der Waals surface area (Å²) in [6.45, 7) is 2.00. The average molecular weight is 335 g/mol. The van der Waals surface area contributed by atoms with E-state index in [0.29, 0.717) is 28.2 Å². The Morgan fingerprint density at radius 3 is 2.87 bits per heavy atom. The summed E-state index contributed by atoms with van der Waals surface area (Å²) in [5, 5.41) is 0. The Balaban J connectivity index is 2.16. The minimum absolute atomic E-state index is 0.0346. The van der Waals surface area contributed by atoms with Crippen LogP contribution in [0.25, 0.3) is 16.7 Å². The first kappa shape index (κ1) is 15.7. The van der Waals surface area contributed by atoms with Gasteiger partial charge in [0.05, 0.1) is 16.1 Å². The number of pyridine rings is 1. The van der Waals surface area contributed by atoms with E-state index in [1.165, 1.54) is 12.3 Å². The molecule has 3 rings (SSSR count). The molecule has 0 bridgehead atoms. The second-order valence-electron chi connectivity index (χ2n) is 5.33. The molecule has 23 heavy (non-hydrogen) atoms. The molecule has 1 aliphatic rings. The Hall–Kier alpha value is -2.15. The molecule has 1 atom stereocenters. The summed E-state index contributed by atoms with van der Waals surface area (Å²) < 4.78 is 38.7. The predicted molar refractivity (Wildman–Crippen MR) is 87.5 cm³/mol. The van der Waals surface area contributed by atoms with E-state index in [9.17, 15) is 13.0 Å². The van der Waals surface area contributed by atoms with Crippen molar-refractivity contribution in [3.05, 3.63) is 41.9 Å². The van der Waals surface area contributed by atoms with E-state index in [1.54, 1.807) is 11.6 Å². The Morgan fingerprint density at radius 2 is 2.22 bits per heavy atom. The fourth-order valence-corrected chi connectivity index (χ4v) is 3.38. The van der Waals surface area contributed by atoms with Crippen LogP contribution in [-0.2, 0) is 18.3 Å². The number of hydrogen-bond donors (Lipinski definition) is 0. The number of aromatic nitrogens is 3. The van der Waals surface area contributed by atoms with Crippen molar-refractivity contribution in [3.63, 3.8) is 0 Å². The quantitative estimate of drug-likeness (QED) is 0.809. The van der Waals surface area contributed by atoms with Crippen molar-refractivity contribution >= 4 is 32.9 Å². The number of imidazole rings is 1. The highest BCUT2D eigenvalue weighted by Gasteiger charge is 2.25. The molecule has 0 saturated heterocycles. The smallest absolute Gasteiger partial charge is 0.265 e. The molecule has 4 nitrogen and oxygen atoms in total. The highest BCUT2D eigenvalue weighted by Crippen LogP contribution is 2.31. The third-order valence-corrected chi connectivity index (χ3v) is 4.61. The van der Waals surface area contributed by atoms with Crippen molar-refractivity contribution in [1.29, 1.82) is 0 Å². The van der Waals surface area contributed by atoms with Gasteiger partial charge in [-0.3, -0.25) is 0 Å². The average Bonchev–Trinajstić information content (AvgIpc) is 2.90. The third kappa shape index (κ3) is 2.65. The zero-order valence-corrected chi connectivity index (χ0v) is 13.5. The summed E-state index contributed by atoms with van der Waals surface area (Å²) in [6.07, 6.45) is 4.91. The van der Waals surface area contributed by atoms with E-state index < -0.39 is 6.43 Å². The maximum atomic E-state index is 12.8. The van der Waals surface area contributed by atoms with E-state index in [0.717, 1.165) is 16.9 Å². The van der Waals surface area contributed by atoms with E-state index in [1.807, 2.05) is 25.2 Å². The fourth-order valence-electron chi connectivity index (χ4n) is 2.84. The molecule has 0 fully saturated rings. The van der Waals surface area contributed by atoms with E-state index in [-0.39, 0.29) is 11.5 Å². The van der Waals surface area contributed by atoms with Gasteiger partial charge in [0.2, 0.25) is 0 Å². The lowest BCUT2D eigenvalue weighted by Crippen LogP contribution is -2.18. The van der Waals surface area contributed by atoms with Gasteiger partial charge in [-0.05, 0) is 18.6 Å². The zero-order valence-electron chi connectivity index (χ0n) is 12.7. The highest BCUT2D eigenvalue weighted by atomic mass is 32.1. The summed E-state index contributed by atoms with van der Waals surface area (Å²) in [6, 6.07) is 1.36. The van der Waals surface area contributed by atoms with Crippen molar-refractivity contribution in [2.24, 2.45) is 13.0 Å². The molecule has 0 spiro atoms. The topological polar surface area (TPSA) is 47.8 Å². The third-order valence-electron chi connectivity index (χ3n) is 4.00. The number of nitrogens with zero attached hydrogens (tertiary/aromatic N) is 3. The summed E-state index contributed by atoms with van der Waals surface area (Å²) in [5.74, 6) is 0.620. The van der Waals surface area contributed by atoms with Crippen LogP contribution in [0.3, 0.4) is 0 Å². The van der Waals surface area contributed by atoms with Gasteiger partial charge in [-0.15, -0.1) is 0 Å². The van der Waals surface area contributed by atoms with Gasteiger partial charge in [0.25, 0.3) is 6.43 Å². The zero-order chi connectivity index (χ0) is 16.6. The summed E-state index contributed by atoms with van der Waals surface area (Å²) in [5.41, 5.74) is 1.74. The minimum atomic E-state index is -2.57. The molecule has 2 aromatic heterocycles. The normalized spacial score (nSPS) is 17.9. The molecule has 0 saturated carbocycles. The molecule has 2 aromatic rings. The van der Waals surface area contributed by atoms with Crippen molar-refractivity contribution in [3.8, 4) is 0 Å². The summed E-state index contributed by atoms with van der Waals surface area (Å²) >= 11 is 0.483. The number of rotatable bonds is 3. The van der Waals surface area contributed by atoms with Gasteiger partial charge in [-0.1, -0.05) is 19.1 Å². The Bertz CT molecular complexity index is 879. The molecule has 0 radical (unpaired) electrons. The number of hydrogen-bond acceptors (Lipinski definition) is 3. The van der Waals surface area contributed by atoms with Crippen LogP contribution in [0.1, 0.15) is 31.2 Å². The molecule has 1 aliphatic carbocycles. The molecule has 0 amide bonds. The first-order valence-electron chi connectivity index (χ1n) is 7.22.